The summed E-state index contributed by atoms with van der Waals surface area (Å²) in [6, 6.07) is 0.245. The molecule has 0 aromatic heterocycles. The van der Waals surface area contributed by atoms with Crippen molar-refractivity contribution >= 4 is 5.97 Å². The number of hydrogen-bond acceptors (Lipinski definition) is 6. The van der Waals surface area contributed by atoms with Crippen molar-refractivity contribution in [1.29, 1.82) is 0 Å². The Morgan fingerprint density at radius 3 is 2.71 bits per heavy atom. The van der Waals surface area contributed by atoms with Gasteiger partial charge < -0.3 is 20.1 Å². The van der Waals surface area contributed by atoms with E-state index in [1.54, 1.807) is 0 Å². The fourth-order valence-electron chi connectivity index (χ4n) is 11.0. The Morgan fingerprint density at radius 1 is 1.25 bits per heavy atom. The van der Waals surface area contributed by atoms with Gasteiger partial charge in [0.25, 0.3) is 0 Å². The Hall–Kier alpha value is -0.950. The van der Waals surface area contributed by atoms with Gasteiger partial charge >= 0.3 is 5.97 Å². The molecule has 0 radical (unpaired) electrons. The summed E-state index contributed by atoms with van der Waals surface area (Å²) in [6.07, 6.45) is 1.27. The Morgan fingerprint density at radius 2 is 2.00 bits per heavy atom. The van der Waals surface area contributed by atoms with Gasteiger partial charge in [-0.15, -0.1) is 0 Å². The number of rotatable bonds is 1. The normalized spacial score (nSPS) is 69.3. The average Bonchev–Trinajstić information content (AvgIpc) is 2.97. The molecule has 3 N–H and O–H groups in total. The highest BCUT2D eigenvalue weighted by Gasteiger charge is 2.94. The van der Waals surface area contributed by atoms with E-state index in [4.69, 9.17) is 4.74 Å². The van der Waals surface area contributed by atoms with Gasteiger partial charge in [0.15, 0.2) is 0 Å². The zero-order chi connectivity index (χ0) is 19.6. The highest BCUT2D eigenvalue weighted by molar-refractivity contribution is 5.66. The molecule has 0 aromatic rings. The van der Waals surface area contributed by atoms with Gasteiger partial charge in [-0.25, -0.2) is 0 Å². The molecule has 3 heterocycles. The molecule has 9 fully saturated rings. The molecule has 0 amide bonds. The van der Waals surface area contributed by atoms with Gasteiger partial charge in [0.05, 0.1) is 12.2 Å². The Balaban J connectivity index is 1.49. The summed E-state index contributed by atoms with van der Waals surface area (Å²) in [4.78, 5) is 14.3. The monoisotopic (exact) mass is 387 g/mol. The third-order valence-corrected chi connectivity index (χ3v) is 10.6. The van der Waals surface area contributed by atoms with Crippen molar-refractivity contribution < 1.29 is 24.9 Å². The van der Waals surface area contributed by atoms with Crippen LogP contribution in [0.5, 0.6) is 0 Å². The number of piperidine rings is 2. The quantitative estimate of drug-likeness (QED) is 0.447. The van der Waals surface area contributed by atoms with Gasteiger partial charge in [-0.2, -0.15) is 0 Å². The number of carbonyl (C=O) groups excluding carboxylic acids is 1. The van der Waals surface area contributed by atoms with Crippen molar-refractivity contribution in [3.05, 3.63) is 12.2 Å². The van der Waals surface area contributed by atoms with E-state index in [1.165, 1.54) is 6.92 Å². The molecular weight excluding hydrogens is 358 g/mol. The molecule has 6 saturated carbocycles. The molecule has 3 saturated heterocycles. The fourth-order valence-corrected chi connectivity index (χ4v) is 11.0. The minimum Gasteiger partial charge on any atom is -0.463 e. The van der Waals surface area contributed by atoms with Gasteiger partial charge in [0.2, 0.25) is 0 Å². The average molecular weight is 387 g/mol. The molecule has 6 heteroatoms. The van der Waals surface area contributed by atoms with Crippen molar-refractivity contribution in [3.8, 4) is 0 Å². The number of aliphatic hydroxyl groups excluding tert-OH is 2. The van der Waals surface area contributed by atoms with Crippen LogP contribution in [0.1, 0.15) is 39.5 Å². The van der Waals surface area contributed by atoms with Crippen LogP contribution < -0.4 is 0 Å². The number of esters is 1. The maximum atomic E-state index is 12.2. The Kier molecular flexibility index (Phi) is 2.55. The molecule has 3 aliphatic heterocycles. The zero-order valence-electron chi connectivity index (χ0n) is 16.5. The second-order valence-electron chi connectivity index (χ2n) is 11.5. The summed E-state index contributed by atoms with van der Waals surface area (Å²) in [5, 5.41) is 35.1. The van der Waals surface area contributed by atoms with E-state index in [-0.39, 0.29) is 34.9 Å². The van der Waals surface area contributed by atoms with Crippen molar-refractivity contribution in [1.82, 2.24) is 4.90 Å². The number of nitrogens with zero attached hydrogens (tertiary/aromatic N) is 1. The minimum atomic E-state index is -1.20. The molecule has 152 valence electrons. The zero-order valence-corrected chi connectivity index (χ0v) is 16.5. The van der Waals surface area contributed by atoms with Gasteiger partial charge in [0.1, 0.15) is 11.7 Å². The molecule has 9 aliphatic rings. The van der Waals surface area contributed by atoms with Gasteiger partial charge in [-0.1, -0.05) is 19.1 Å². The first-order valence-corrected chi connectivity index (χ1v) is 10.8. The van der Waals surface area contributed by atoms with Crippen LogP contribution in [0.15, 0.2) is 12.2 Å². The maximum Gasteiger partial charge on any atom is 0.302 e. The van der Waals surface area contributed by atoms with Crippen LogP contribution in [-0.4, -0.2) is 68.7 Å². The summed E-state index contributed by atoms with van der Waals surface area (Å²) >= 11 is 0. The fraction of sp³-hybridized carbons (Fsp3) is 0.864. The topological polar surface area (TPSA) is 90.2 Å². The number of fused-ring (bicyclic) bond motifs is 1. The second kappa shape index (κ2) is 4.25. The highest BCUT2D eigenvalue weighted by atomic mass is 16.5. The third-order valence-electron chi connectivity index (χ3n) is 10.6. The molecular formula is C22H29NO5. The molecule has 1 unspecified atom stereocenters. The van der Waals surface area contributed by atoms with E-state index in [0.29, 0.717) is 24.8 Å². The number of carbonyl (C=O) groups is 1. The number of hydrogen-bond donors (Lipinski definition) is 3. The van der Waals surface area contributed by atoms with E-state index in [9.17, 15) is 20.1 Å². The molecule has 13 atom stereocenters. The maximum absolute atomic E-state index is 12.2. The lowest BCUT2D eigenvalue weighted by molar-refractivity contribution is -0.280. The summed E-state index contributed by atoms with van der Waals surface area (Å²) < 4.78 is 5.75. The van der Waals surface area contributed by atoms with Gasteiger partial charge in [-0.05, 0) is 37.0 Å². The number of aliphatic hydroxyl groups is 3. The molecule has 2 spiro atoms. The van der Waals surface area contributed by atoms with Crippen LogP contribution in [0.25, 0.3) is 0 Å². The molecule has 9 bridgehead atoms. The molecule has 0 aromatic carbocycles. The van der Waals surface area contributed by atoms with E-state index in [1.807, 2.05) is 0 Å². The van der Waals surface area contributed by atoms with Crippen molar-refractivity contribution in [2.45, 2.75) is 75.5 Å². The summed E-state index contributed by atoms with van der Waals surface area (Å²) in [6.45, 7) is 8.85. The summed E-state index contributed by atoms with van der Waals surface area (Å²) in [5.74, 6) is -0.379. The van der Waals surface area contributed by atoms with Crippen LogP contribution in [-0.2, 0) is 9.53 Å². The van der Waals surface area contributed by atoms with Crippen molar-refractivity contribution in [2.75, 3.05) is 6.54 Å². The highest BCUT2D eigenvalue weighted by Crippen LogP contribution is 2.88. The van der Waals surface area contributed by atoms with Crippen LogP contribution in [0.2, 0.25) is 0 Å². The van der Waals surface area contributed by atoms with Crippen LogP contribution in [0.3, 0.4) is 0 Å². The van der Waals surface area contributed by atoms with Gasteiger partial charge in [0, 0.05) is 48.2 Å². The first-order valence-electron chi connectivity index (χ1n) is 10.8. The van der Waals surface area contributed by atoms with E-state index in [0.717, 1.165) is 25.0 Å². The Bertz CT molecular complexity index is 860. The first kappa shape index (κ1) is 16.8. The predicted molar refractivity (Wildman–Crippen MR) is 97.9 cm³/mol. The van der Waals surface area contributed by atoms with Crippen LogP contribution >= 0.6 is 0 Å². The predicted octanol–water partition coefficient (Wildman–Crippen LogP) is 0.450. The summed E-state index contributed by atoms with van der Waals surface area (Å²) in [7, 11) is 0. The molecule has 6 aliphatic carbocycles. The third kappa shape index (κ3) is 1.26. The largest absolute Gasteiger partial charge is 0.463 e. The lowest BCUT2D eigenvalue weighted by Gasteiger charge is -2.67. The molecule has 6 nitrogen and oxygen atoms in total. The van der Waals surface area contributed by atoms with Crippen molar-refractivity contribution in [3.63, 3.8) is 0 Å². The Labute approximate surface area is 164 Å². The molecule has 9 rings (SSSR count). The molecule has 28 heavy (non-hydrogen) atoms. The summed E-state index contributed by atoms with van der Waals surface area (Å²) in [5.41, 5.74) is -1.07. The SMILES string of the molecule is C=C1C[C@@]23C[C@H]4[C@@H]5[C@@]6(C)C[C@H](OC(C)=O)C[C@@]57[C@@H]2[C@H](O)[C@@H]1[C@H](O)[C@@]3(O)[C@H]7N4C6. The van der Waals surface area contributed by atoms with E-state index in [2.05, 4.69) is 18.4 Å². The minimum absolute atomic E-state index is 0.0237. The first-order chi connectivity index (χ1) is 13.1. The van der Waals surface area contributed by atoms with E-state index < -0.39 is 29.1 Å². The van der Waals surface area contributed by atoms with Crippen LogP contribution in [0, 0.1) is 34.0 Å². The van der Waals surface area contributed by atoms with Crippen LogP contribution in [0.4, 0.5) is 0 Å². The lowest BCUT2D eigenvalue weighted by Crippen LogP contribution is -2.76. The van der Waals surface area contributed by atoms with E-state index >= 15 is 0 Å². The smallest absolute Gasteiger partial charge is 0.302 e. The number of ether oxygens (including phenoxy) is 1. The lowest BCUT2D eigenvalue weighted by atomic mass is 9.39. The van der Waals surface area contributed by atoms with Gasteiger partial charge in [-0.3, -0.25) is 9.69 Å². The standard InChI is InChI=1S/C22H29NO5/c1-9-4-20-7-12-15-19(3)5-11(28-10(2)24)6-21(15)16(20)14(25)13(9)17(26)22(20,27)18(21)23(12)8-19/h11-18,25-27H,1,4-8H2,2-3H3/t11-,12-,13+,14+,15+,16+,17-,18-,19-,20+,21-,22+/m0/s1. The second-order valence-corrected chi connectivity index (χ2v) is 11.5. The van der Waals surface area contributed by atoms with Crippen molar-refractivity contribution in [2.24, 2.45) is 34.0 Å².